The molecule has 1 aromatic carbocycles. The Morgan fingerprint density at radius 2 is 2.09 bits per heavy atom. The van der Waals surface area contributed by atoms with E-state index >= 15 is 0 Å². The minimum atomic E-state index is -3.80. The number of amides is 1. The Balaban J connectivity index is 1.53. The number of carbonyl (C=O) groups excluding carboxylic acids is 1. The number of aromatic nitrogens is 3. The Bertz CT molecular complexity index is 1090. The lowest BCUT2D eigenvalue weighted by Crippen LogP contribution is -2.18. The van der Waals surface area contributed by atoms with Gasteiger partial charge in [-0.05, 0) is 61.7 Å². The highest BCUT2D eigenvalue weighted by molar-refractivity contribution is 6.20. The minimum absolute atomic E-state index is 0.101. The Hall–Kier alpha value is -3.04. The zero-order chi connectivity index (χ0) is 23.4. The fourth-order valence-electron chi connectivity index (χ4n) is 4.09. The molecule has 3 heterocycles. The van der Waals surface area contributed by atoms with Crippen molar-refractivity contribution in [3.05, 3.63) is 60.0 Å². The van der Waals surface area contributed by atoms with Gasteiger partial charge >= 0.3 is 5.57 Å². The molecule has 1 aliphatic heterocycles. The summed E-state index contributed by atoms with van der Waals surface area (Å²) >= 11 is 4.77. The van der Waals surface area contributed by atoms with Gasteiger partial charge in [0.1, 0.15) is 5.75 Å². The van der Waals surface area contributed by atoms with Crippen LogP contribution in [0.1, 0.15) is 48.3 Å². The second-order valence-electron chi connectivity index (χ2n) is 8.00. The summed E-state index contributed by atoms with van der Waals surface area (Å²) < 4.78 is 29.8. The summed E-state index contributed by atoms with van der Waals surface area (Å²) in [6.07, 6.45) is 6.49. The molecule has 1 saturated heterocycles. The Kier molecular flexibility index (Phi) is 6.90. The van der Waals surface area contributed by atoms with Crippen LogP contribution in [0.3, 0.4) is 0 Å². The molecule has 0 saturated carbocycles. The molecule has 3 N–H and O–H groups in total. The molecule has 10 heteroatoms. The number of hydrogen-bond donors (Lipinski definition) is 3. The second kappa shape index (κ2) is 9.84. The topological polar surface area (TPSA) is 91.9 Å². The summed E-state index contributed by atoms with van der Waals surface area (Å²) in [5.74, 6) is 0.102. The van der Waals surface area contributed by atoms with E-state index in [-0.39, 0.29) is 17.7 Å². The van der Waals surface area contributed by atoms with Crippen LogP contribution in [0.2, 0.25) is 0 Å². The molecule has 0 spiro atoms. The van der Waals surface area contributed by atoms with Crippen LogP contribution in [-0.4, -0.2) is 33.2 Å². The van der Waals surface area contributed by atoms with Crippen molar-refractivity contribution in [3.63, 3.8) is 0 Å². The van der Waals surface area contributed by atoms with Gasteiger partial charge in [-0.1, -0.05) is 13.3 Å². The summed E-state index contributed by atoms with van der Waals surface area (Å²) in [6.45, 7) is 3.13. The molecule has 2 unspecified atom stereocenters. The molecular formula is C23H24ClF2N5O2. The van der Waals surface area contributed by atoms with Crippen molar-refractivity contribution in [1.29, 1.82) is 0 Å². The molecule has 1 fully saturated rings. The highest BCUT2D eigenvalue weighted by atomic mass is 35.5. The quantitative estimate of drug-likeness (QED) is 0.382. The number of alkyl halides is 3. The van der Waals surface area contributed by atoms with Crippen LogP contribution < -0.4 is 15.4 Å². The standard InChI is InChI=1S/C23H24ClF2N5O2/c1-2-3-14-10-20(27-12-14)21-18(19-8-9-29-31-19)11-15(13-28-21)22(32)30-16-4-6-17(7-5-16)33-23(24,25)26/h4-9,11,13-14,20,27H,2-3,10,12H2,1H3,(H,29,31)(H,30,32). The lowest BCUT2D eigenvalue weighted by Gasteiger charge is -2.16. The number of ether oxygens (including phenoxy) is 1. The third kappa shape index (κ3) is 5.85. The second-order valence-corrected chi connectivity index (χ2v) is 8.44. The van der Waals surface area contributed by atoms with Gasteiger partial charge in [-0.3, -0.25) is 14.9 Å². The molecule has 174 valence electrons. The molecule has 0 radical (unpaired) electrons. The van der Waals surface area contributed by atoms with E-state index in [1.807, 2.05) is 6.07 Å². The lowest BCUT2D eigenvalue weighted by atomic mass is 9.95. The van der Waals surface area contributed by atoms with E-state index in [0.717, 1.165) is 42.8 Å². The number of pyridine rings is 1. The number of halogens is 3. The number of H-pyrrole nitrogens is 1. The van der Waals surface area contributed by atoms with Crippen LogP contribution in [-0.2, 0) is 0 Å². The largest absolute Gasteiger partial charge is 0.487 e. The van der Waals surface area contributed by atoms with Crippen molar-refractivity contribution in [2.75, 3.05) is 11.9 Å². The first kappa shape index (κ1) is 23.1. The van der Waals surface area contributed by atoms with E-state index in [2.05, 4.69) is 37.5 Å². The highest BCUT2D eigenvalue weighted by Gasteiger charge is 2.29. The fraction of sp³-hybridized carbons (Fsp3) is 0.348. The Morgan fingerprint density at radius 1 is 1.30 bits per heavy atom. The van der Waals surface area contributed by atoms with Crippen molar-refractivity contribution in [1.82, 2.24) is 20.5 Å². The summed E-state index contributed by atoms with van der Waals surface area (Å²) in [7, 11) is 0. The number of nitrogens with zero attached hydrogens (tertiary/aromatic N) is 2. The van der Waals surface area contributed by atoms with Crippen LogP contribution in [0.15, 0.2) is 48.8 Å². The molecule has 3 aromatic rings. The first-order chi connectivity index (χ1) is 15.8. The summed E-state index contributed by atoms with van der Waals surface area (Å²) in [6, 6.07) is 9.21. The van der Waals surface area contributed by atoms with Crippen molar-refractivity contribution < 1.29 is 18.3 Å². The van der Waals surface area contributed by atoms with Crippen molar-refractivity contribution in [2.24, 2.45) is 5.92 Å². The molecular weight excluding hydrogens is 452 g/mol. The van der Waals surface area contributed by atoms with E-state index < -0.39 is 5.57 Å². The molecule has 1 aliphatic rings. The maximum atomic E-state index is 12.9. The van der Waals surface area contributed by atoms with E-state index in [4.69, 9.17) is 11.6 Å². The van der Waals surface area contributed by atoms with Crippen LogP contribution in [0.25, 0.3) is 11.3 Å². The molecule has 0 aliphatic carbocycles. The first-order valence-corrected chi connectivity index (χ1v) is 11.1. The van der Waals surface area contributed by atoms with Gasteiger partial charge in [-0.15, -0.1) is 8.78 Å². The molecule has 2 atom stereocenters. The Morgan fingerprint density at radius 3 is 2.76 bits per heavy atom. The number of carbonyl (C=O) groups is 1. The number of hydrogen-bond acceptors (Lipinski definition) is 5. The van der Waals surface area contributed by atoms with Crippen LogP contribution >= 0.6 is 11.6 Å². The van der Waals surface area contributed by atoms with E-state index in [1.54, 1.807) is 18.5 Å². The number of nitrogens with one attached hydrogen (secondary N) is 3. The molecule has 1 amide bonds. The number of anilines is 1. The third-order valence-corrected chi connectivity index (χ3v) is 5.64. The third-order valence-electron chi connectivity index (χ3n) is 5.57. The van der Waals surface area contributed by atoms with Crippen LogP contribution in [0.5, 0.6) is 5.75 Å². The lowest BCUT2D eigenvalue weighted by molar-refractivity contribution is -0.0964. The summed E-state index contributed by atoms with van der Waals surface area (Å²) in [5.41, 5.74) is -0.569. The molecule has 7 nitrogen and oxygen atoms in total. The molecule has 4 rings (SSSR count). The van der Waals surface area contributed by atoms with Crippen molar-refractivity contribution in [3.8, 4) is 17.0 Å². The van der Waals surface area contributed by atoms with Gasteiger partial charge in [0.05, 0.1) is 23.0 Å². The number of aromatic amines is 1. The SMILES string of the molecule is CCCC1CNC(c2ncc(C(=O)Nc3ccc(OC(F)(F)Cl)cc3)cc2-c2ccn[nH]2)C1. The summed E-state index contributed by atoms with van der Waals surface area (Å²) in [5, 5.41) is 13.3. The van der Waals surface area contributed by atoms with Gasteiger partial charge in [-0.2, -0.15) is 5.10 Å². The predicted molar refractivity (Wildman–Crippen MR) is 121 cm³/mol. The maximum Gasteiger partial charge on any atom is 0.487 e. The van der Waals surface area contributed by atoms with Gasteiger partial charge in [0.15, 0.2) is 0 Å². The summed E-state index contributed by atoms with van der Waals surface area (Å²) in [4.78, 5) is 17.5. The van der Waals surface area contributed by atoms with Crippen molar-refractivity contribution in [2.45, 2.75) is 37.8 Å². The maximum absolute atomic E-state index is 12.9. The average molecular weight is 476 g/mol. The van der Waals surface area contributed by atoms with E-state index in [1.165, 1.54) is 24.3 Å². The number of benzene rings is 1. The van der Waals surface area contributed by atoms with Gasteiger partial charge in [-0.25, -0.2) is 0 Å². The van der Waals surface area contributed by atoms with E-state index in [9.17, 15) is 13.6 Å². The predicted octanol–water partition coefficient (Wildman–Crippen LogP) is 5.34. The first-order valence-electron chi connectivity index (χ1n) is 10.7. The highest BCUT2D eigenvalue weighted by Crippen LogP contribution is 2.34. The average Bonchev–Trinajstić information content (AvgIpc) is 3.46. The van der Waals surface area contributed by atoms with Gasteiger partial charge in [0.25, 0.3) is 5.91 Å². The van der Waals surface area contributed by atoms with E-state index in [0.29, 0.717) is 17.2 Å². The zero-order valence-corrected chi connectivity index (χ0v) is 18.7. The van der Waals surface area contributed by atoms with Gasteiger partial charge in [0, 0.05) is 35.2 Å². The molecule has 33 heavy (non-hydrogen) atoms. The molecule has 0 bridgehead atoms. The van der Waals surface area contributed by atoms with Gasteiger partial charge < -0.3 is 15.4 Å². The normalized spacial score (nSPS) is 18.3. The Labute approximate surface area is 194 Å². The zero-order valence-electron chi connectivity index (χ0n) is 17.9. The smallest absolute Gasteiger partial charge is 0.420 e. The molecule has 2 aromatic heterocycles. The fourth-order valence-corrected chi connectivity index (χ4v) is 4.18. The van der Waals surface area contributed by atoms with Crippen LogP contribution in [0.4, 0.5) is 14.5 Å². The minimum Gasteiger partial charge on any atom is -0.420 e. The van der Waals surface area contributed by atoms with Crippen molar-refractivity contribution >= 4 is 23.2 Å². The monoisotopic (exact) mass is 475 g/mol. The van der Waals surface area contributed by atoms with Gasteiger partial charge in [0.2, 0.25) is 0 Å². The number of rotatable bonds is 8. The van der Waals surface area contributed by atoms with Crippen LogP contribution in [0, 0.1) is 5.92 Å².